The van der Waals surface area contributed by atoms with Crippen LogP contribution in [0.4, 0.5) is 0 Å². The molecule has 3 nitrogen and oxygen atoms in total. The van der Waals surface area contributed by atoms with Crippen LogP contribution in [0.15, 0.2) is 90.5 Å². The summed E-state index contributed by atoms with van der Waals surface area (Å²) in [5.41, 5.74) is 7.61. The first kappa shape index (κ1) is 20.5. The van der Waals surface area contributed by atoms with E-state index in [0.717, 1.165) is 29.8 Å². The minimum Gasteiger partial charge on any atom is -0.316 e. The zero-order chi connectivity index (χ0) is 22.2. The Hall–Kier alpha value is -3.43. The number of aromatic nitrogens is 1. The fraction of sp³-hybridized carbons (Fsp3) is 0.207. The minimum absolute atomic E-state index is 0.0755. The summed E-state index contributed by atoms with van der Waals surface area (Å²) in [7, 11) is 4.22. The van der Waals surface area contributed by atoms with Gasteiger partial charge in [0.25, 0.3) is 0 Å². The monoisotopic (exact) mass is 420 g/mol. The molecule has 0 aliphatic carbocycles. The summed E-state index contributed by atoms with van der Waals surface area (Å²) in [5.74, 6) is 0.0387. The van der Waals surface area contributed by atoms with Gasteiger partial charge in [-0.3, -0.25) is 4.79 Å². The van der Waals surface area contributed by atoms with E-state index in [2.05, 4.69) is 79.0 Å². The number of hydrogen-bond donors (Lipinski definition) is 0. The van der Waals surface area contributed by atoms with E-state index in [4.69, 9.17) is 0 Å². The van der Waals surface area contributed by atoms with E-state index in [0.29, 0.717) is 0 Å². The molecule has 0 radical (unpaired) electrons. The lowest BCUT2D eigenvalue weighted by molar-refractivity contribution is 0.103. The fourth-order valence-corrected chi connectivity index (χ4v) is 5.07. The maximum Gasteiger partial charge on any atom is 0.191 e. The van der Waals surface area contributed by atoms with Crippen LogP contribution in [0.1, 0.15) is 40.0 Å². The molecular weight excluding hydrogens is 392 g/mol. The van der Waals surface area contributed by atoms with Crippen molar-refractivity contribution in [3.63, 3.8) is 0 Å². The van der Waals surface area contributed by atoms with Crippen molar-refractivity contribution >= 4 is 22.4 Å². The molecule has 3 aromatic carbocycles. The molecule has 1 aliphatic rings. The Morgan fingerprint density at radius 3 is 2.19 bits per heavy atom. The van der Waals surface area contributed by atoms with Crippen LogP contribution in [0.3, 0.4) is 0 Å². The second-order valence-corrected chi connectivity index (χ2v) is 8.81. The van der Waals surface area contributed by atoms with Crippen LogP contribution < -0.4 is 0 Å². The Morgan fingerprint density at radius 2 is 1.50 bits per heavy atom. The molecule has 0 bridgehead atoms. The second-order valence-electron chi connectivity index (χ2n) is 8.81. The highest BCUT2D eigenvalue weighted by Crippen LogP contribution is 2.48. The van der Waals surface area contributed by atoms with Gasteiger partial charge in [0, 0.05) is 34.5 Å². The number of likely N-dealkylation sites (N-methyl/N-ethyl adjacent to an activating group) is 1. The lowest BCUT2D eigenvalue weighted by atomic mass is 9.83. The predicted molar refractivity (Wildman–Crippen MR) is 132 cm³/mol. The molecule has 160 valence electrons. The standard InChI is InChI=1S/C29H28N2O/c1-20-26(29(32)22-14-8-5-9-15-22)27(21-12-6-4-7-13-21)28-24(18-19-30(2)3)23-16-10-11-17-25(23)31(20)28/h4-17,27H,18-19H2,1-3H3. The molecule has 4 aromatic rings. The van der Waals surface area contributed by atoms with Gasteiger partial charge in [-0.25, -0.2) is 0 Å². The minimum atomic E-state index is -0.0755. The molecule has 1 unspecified atom stereocenters. The van der Waals surface area contributed by atoms with Gasteiger partial charge in [0.15, 0.2) is 5.78 Å². The molecule has 0 fully saturated rings. The van der Waals surface area contributed by atoms with E-state index in [1.807, 2.05) is 36.4 Å². The van der Waals surface area contributed by atoms with Crippen molar-refractivity contribution in [1.82, 2.24) is 9.47 Å². The molecule has 0 spiro atoms. The molecule has 1 atom stereocenters. The highest BCUT2D eigenvalue weighted by atomic mass is 16.1. The Morgan fingerprint density at radius 1 is 0.875 bits per heavy atom. The lowest BCUT2D eigenvalue weighted by Gasteiger charge is -2.18. The number of nitrogens with zero attached hydrogens (tertiary/aromatic N) is 2. The Labute approximate surface area is 189 Å². The highest BCUT2D eigenvalue weighted by Gasteiger charge is 2.38. The molecule has 2 heterocycles. The van der Waals surface area contributed by atoms with Gasteiger partial charge in [0.2, 0.25) is 0 Å². The zero-order valence-corrected chi connectivity index (χ0v) is 18.9. The van der Waals surface area contributed by atoms with Crippen LogP contribution in [-0.4, -0.2) is 35.9 Å². The number of fused-ring (bicyclic) bond motifs is 3. The maximum atomic E-state index is 13.8. The average molecular weight is 421 g/mol. The van der Waals surface area contributed by atoms with Crippen LogP contribution in [0.25, 0.3) is 16.6 Å². The molecule has 0 saturated heterocycles. The quantitative estimate of drug-likeness (QED) is 0.357. The molecule has 0 N–H and O–H groups in total. The van der Waals surface area contributed by atoms with Gasteiger partial charge in [-0.15, -0.1) is 0 Å². The summed E-state index contributed by atoms with van der Waals surface area (Å²) in [6, 6.07) is 28.8. The molecule has 32 heavy (non-hydrogen) atoms. The topological polar surface area (TPSA) is 25.2 Å². The van der Waals surface area contributed by atoms with Gasteiger partial charge in [0.05, 0.1) is 11.4 Å². The number of Topliss-reactive ketones (excluding diaryl/α,β-unsaturated/α-hetero) is 1. The SMILES string of the molecule is CC1=C(C(=O)c2ccccc2)C(c2ccccc2)c2c(CCN(C)C)c3ccccc3n21. The molecule has 1 aromatic heterocycles. The number of benzene rings is 3. The molecule has 0 amide bonds. The zero-order valence-electron chi connectivity index (χ0n) is 18.9. The van der Waals surface area contributed by atoms with Gasteiger partial charge in [-0.1, -0.05) is 78.9 Å². The van der Waals surface area contributed by atoms with Gasteiger partial charge < -0.3 is 9.47 Å². The third kappa shape index (κ3) is 3.30. The molecule has 5 rings (SSSR count). The summed E-state index contributed by atoms with van der Waals surface area (Å²) in [6.45, 7) is 3.06. The van der Waals surface area contributed by atoms with E-state index in [9.17, 15) is 4.79 Å². The number of carbonyl (C=O) groups excluding carboxylic acids is 1. The Bertz CT molecular complexity index is 1310. The number of allylic oxidation sites excluding steroid dienone is 2. The van der Waals surface area contributed by atoms with E-state index in [1.165, 1.54) is 27.7 Å². The van der Waals surface area contributed by atoms with E-state index < -0.39 is 0 Å². The number of para-hydroxylation sites is 1. The van der Waals surface area contributed by atoms with Crippen LogP contribution in [0.5, 0.6) is 0 Å². The van der Waals surface area contributed by atoms with Gasteiger partial charge in [-0.05, 0) is 44.6 Å². The first-order valence-corrected chi connectivity index (χ1v) is 11.2. The van der Waals surface area contributed by atoms with Gasteiger partial charge in [0.1, 0.15) is 0 Å². The van der Waals surface area contributed by atoms with Crippen molar-refractivity contribution < 1.29 is 4.79 Å². The predicted octanol–water partition coefficient (Wildman–Crippen LogP) is 6.00. The van der Waals surface area contributed by atoms with E-state index in [1.54, 1.807) is 0 Å². The first-order chi connectivity index (χ1) is 15.6. The number of carbonyl (C=O) groups is 1. The largest absolute Gasteiger partial charge is 0.316 e. The average Bonchev–Trinajstić information content (AvgIpc) is 3.30. The van der Waals surface area contributed by atoms with Crippen molar-refractivity contribution in [2.24, 2.45) is 0 Å². The summed E-state index contributed by atoms with van der Waals surface area (Å²) >= 11 is 0. The molecular formula is C29H28N2O. The summed E-state index contributed by atoms with van der Waals surface area (Å²) in [4.78, 5) is 16.1. The normalized spacial score (nSPS) is 15.6. The van der Waals surface area contributed by atoms with Crippen molar-refractivity contribution in [2.75, 3.05) is 20.6 Å². The smallest absolute Gasteiger partial charge is 0.191 e. The number of ketones is 1. The highest BCUT2D eigenvalue weighted by molar-refractivity contribution is 6.15. The Kier molecular flexibility index (Phi) is 5.28. The molecule has 1 aliphatic heterocycles. The Balaban J connectivity index is 1.78. The van der Waals surface area contributed by atoms with Crippen molar-refractivity contribution in [3.05, 3.63) is 113 Å². The molecule has 3 heteroatoms. The summed E-state index contributed by atoms with van der Waals surface area (Å²) in [6.07, 6.45) is 0.944. The third-order valence-corrected chi connectivity index (χ3v) is 6.53. The second kappa shape index (κ2) is 8.25. The van der Waals surface area contributed by atoms with Crippen molar-refractivity contribution in [1.29, 1.82) is 0 Å². The third-order valence-electron chi connectivity index (χ3n) is 6.53. The van der Waals surface area contributed by atoms with Gasteiger partial charge in [-0.2, -0.15) is 0 Å². The lowest BCUT2D eigenvalue weighted by Crippen LogP contribution is -2.17. The van der Waals surface area contributed by atoms with E-state index >= 15 is 0 Å². The van der Waals surface area contributed by atoms with Crippen LogP contribution in [0, 0.1) is 0 Å². The van der Waals surface area contributed by atoms with Gasteiger partial charge >= 0.3 is 0 Å². The number of hydrogen-bond acceptors (Lipinski definition) is 2. The van der Waals surface area contributed by atoms with Crippen LogP contribution >= 0.6 is 0 Å². The van der Waals surface area contributed by atoms with E-state index in [-0.39, 0.29) is 11.7 Å². The first-order valence-electron chi connectivity index (χ1n) is 11.2. The van der Waals surface area contributed by atoms with Crippen LogP contribution in [-0.2, 0) is 6.42 Å². The van der Waals surface area contributed by atoms with Crippen molar-refractivity contribution in [3.8, 4) is 0 Å². The van der Waals surface area contributed by atoms with Crippen LogP contribution in [0.2, 0.25) is 0 Å². The summed E-state index contributed by atoms with van der Waals surface area (Å²) in [5, 5.41) is 1.29. The molecule has 0 saturated carbocycles. The fourth-order valence-electron chi connectivity index (χ4n) is 5.07. The maximum absolute atomic E-state index is 13.8. The van der Waals surface area contributed by atoms with Crippen molar-refractivity contribution in [2.45, 2.75) is 19.3 Å². The number of rotatable bonds is 6. The summed E-state index contributed by atoms with van der Waals surface area (Å²) < 4.78 is 2.34.